The average molecular weight is 601 g/mol. The van der Waals surface area contributed by atoms with Crippen molar-refractivity contribution in [3.05, 3.63) is 58.7 Å². The van der Waals surface area contributed by atoms with Crippen molar-refractivity contribution in [2.75, 3.05) is 32.9 Å². The molecule has 0 spiro atoms. The van der Waals surface area contributed by atoms with Crippen LogP contribution in [0.15, 0.2) is 30.5 Å². The van der Waals surface area contributed by atoms with E-state index in [9.17, 15) is 19.1 Å². The van der Waals surface area contributed by atoms with Crippen molar-refractivity contribution in [2.24, 2.45) is 5.92 Å². The van der Waals surface area contributed by atoms with Gasteiger partial charge < -0.3 is 24.5 Å². The molecule has 1 aliphatic rings. The summed E-state index contributed by atoms with van der Waals surface area (Å²) in [6.07, 6.45) is 1.39. The Labute approximate surface area is 251 Å². The first-order chi connectivity index (χ1) is 20.3. The molecule has 234 valence electrons. The number of aromatic nitrogens is 2. The van der Waals surface area contributed by atoms with Gasteiger partial charge in [0, 0.05) is 46.9 Å². The third-order valence-electron chi connectivity index (χ3n) is 7.79. The van der Waals surface area contributed by atoms with Gasteiger partial charge in [0.1, 0.15) is 18.0 Å². The van der Waals surface area contributed by atoms with Crippen molar-refractivity contribution in [2.45, 2.75) is 72.1 Å². The number of ether oxygens (including phenoxy) is 2. The minimum Gasteiger partial charge on any atom is -0.481 e. The second-order valence-corrected chi connectivity index (χ2v) is 12.3. The van der Waals surface area contributed by atoms with Gasteiger partial charge in [0.15, 0.2) is 0 Å². The van der Waals surface area contributed by atoms with Crippen LogP contribution in [0.5, 0.6) is 5.88 Å². The van der Waals surface area contributed by atoms with Crippen LogP contribution in [0.2, 0.25) is 0 Å². The highest BCUT2D eigenvalue weighted by Gasteiger charge is 2.39. The molecule has 4 rings (SSSR count). The summed E-state index contributed by atoms with van der Waals surface area (Å²) in [4.78, 5) is 35.7. The van der Waals surface area contributed by atoms with Crippen LogP contribution in [-0.2, 0) is 16.0 Å². The van der Waals surface area contributed by atoms with Crippen LogP contribution in [0.4, 0.5) is 13.6 Å². The number of carbonyl (C=O) groups is 2. The molecule has 0 unspecified atom stereocenters. The minimum atomic E-state index is -0.924. The largest absolute Gasteiger partial charge is 0.481 e. The first kappa shape index (κ1) is 32.2. The lowest BCUT2D eigenvalue weighted by Gasteiger charge is -2.42. The van der Waals surface area contributed by atoms with E-state index in [0.29, 0.717) is 17.5 Å². The number of aliphatic carboxylic acids is 1. The minimum absolute atomic E-state index is 0.0307. The van der Waals surface area contributed by atoms with E-state index in [4.69, 9.17) is 9.47 Å². The number of H-pyrrole nitrogens is 1. The molecule has 11 heteroatoms. The molecule has 2 N–H and O–H groups in total. The average Bonchev–Trinajstić information content (AvgIpc) is 3.30. The van der Waals surface area contributed by atoms with Crippen molar-refractivity contribution in [1.29, 1.82) is 0 Å². The van der Waals surface area contributed by atoms with Gasteiger partial charge in [-0.2, -0.15) is 0 Å². The molecular formula is C32H42F2N4O5. The summed E-state index contributed by atoms with van der Waals surface area (Å²) in [5, 5.41) is 10.8. The van der Waals surface area contributed by atoms with Crippen LogP contribution in [-0.4, -0.2) is 81.5 Å². The molecule has 0 bridgehead atoms. The molecule has 0 radical (unpaired) electrons. The van der Waals surface area contributed by atoms with Crippen molar-refractivity contribution in [3.8, 4) is 5.88 Å². The molecule has 0 saturated heterocycles. The fourth-order valence-electron chi connectivity index (χ4n) is 5.68. The number of pyridine rings is 1. The number of carboxylic acid groups (broad SMARTS) is 1. The fraction of sp³-hybridized carbons (Fsp3) is 0.531. The summed E-state index contributed by atoms with van der Waals surface area (Å²) in [5.74, 6) is -1.93. The first-order valence-electron chi connectivity index (χ1n) is 14.7. The van der Waals surface area contributed by atoms with E-state index in [1.807, 2.05) is 36.1 Å². The topological polar surface area (TPSA) is 108 Å². The number of carbonyl (C=O) groups excluding carboxylic acids is 1. The number of hydrogen-bond donors (Lipinski definition) is 2. The fourth-order valence-corrected chi connectivity index (χ4v) is 5.68. The molecule has 3 aromatic rings. The van der Waals surface area contributed by atoms with E-state index >= 15 is 4.39 Å². The maximum atomic E-state index is 15.8. The quantitative estimate of drug-likeness (QED) is 0.276. The second-order valence-electron chi connectivity index (χ2n) is 12.3. The van der Waals surface area contributed by atoms with Gasteiger partial charge >= 0.3 is 12.1 Å². The van der Waals surface area contributed by atoms with Crippen molar-refractivity contribution in [1.82, 2.24) is 19.8 Å². The first-order valence-corrected chi connectivity index (χ1v) is 14.7. The van der Waals surface area contributed by atoms with Gasteiger partial charge in [-0.25, -0.2) is 14.2 Å². The Morgan fingerprint density at radius 1 is 1.26 bits per heavy atom. The number of carboxylic acids is 1. The highest BCUT2D eigenvalue weighted by atomic mass is 19.1. The number of fused-ring (bicyclic) bond motifs is 3. The summed E-state index contributed by atoms with van der Waals surface area (Å²) in [6, 6.07) is 7.23. The molecule has 3 atom stereocenters. The SMILES string of the molecule is Cc1c(OCCN(CCCF)C(=O)OC(C)(C)C)ncc(F)c1[C@@H]1c2[nH]c3ccccc3c2C[C@@H](C)N1C[C@@H](C)C(=O)O. The highest BCUT2D eigenvalue weighted by molar-refractivity contribution is 5.85. The van der Waals surface area contributed by atoms with Gasteiger partial charge in [0.25, 0.3) is 0 Å². The predicted molar refractivity (Wildman–Crippen MR) is 160 cm³/mol. The lowest BCUT2D eigenvalue weighted by Crippen LogP contribution is -2.46. The Bertz CT molecular complexity index is 1450. The molecule has 1 aliphatic heterocycles. The van der Waals surface area contributed by atoms with Crippen LogP contribution >= 0.6 is 0 Å². The summed E-state index contributed by atoms with van der Waals surface area (Å²) >= 11 is 0. The lowest BCUT2D eigenvalue weighted by molar-refractivity contribution is -0.142. The Morgan fingerprint density at radius 3 is 2.65 bits per heavy atom. The monoisotopic (exact) mass is 600 g/mol. The predicted octanol–water partition coefficient (Wildman–Crippen LogP) is 6.04. The maximum Gasteiger partial charge on any atom is 0.410 e. The molecule has 1 aromatic carbocycles. The summed E-state index contributed by atoms with van der Waals surface area (Å²) in [6.45, 7) is 10.6. The molecule has 1 amide bonds. The van der Waals surface area contributed by atoms with Crippen LogP contribution in [0.1, 0.15) is 69.5 Å². The summed E-state index contributed by atoms with van der Waals surface area (Å²) in [7, 11) is 0. The van der Waals surface area contributed by atoms with Crippen LogP contribution in [0.25, 0.3) is 10.9 Å². The molecular weight excluding hydrogens is 558 g/mol. The zero-order valence-corrected chi connectivity index (χ0v) is 25.7. The number of alkyl halides is 1. The third-order valence-corrected chi connectivity index (χ3v) is 7.79. The van der Waals surface area contributed by atoms with Crippen molar-refractivity contribution >= 4 is 23.0 Å². The number of amides is 1. The lowest BCUT2D eigenvalue weighted by atomic mass is 9.86. The molecule has 9 nitrogen and oxygen atoms in total. The number of aromatic amines is 1. The standard InChI is InChI=1S/C32H42F2N4O5/c1-19(30(39)40)18-38-20(2)16-23-22-10-7-8-11-25(22)36-27(23)28(38)26-21(3)29(35-17-24(26)34)42-15-14-37(13-9-12-33)31(41)43-32(4,5)6/h7-8,10-11,17,19-20,28,36H,9,12-16,18H2,1-6H3,(H,39,40)/t19-,20-,28-/m1/s1. The second kappa shape index (κ2) is 13.3. The number of halogens is 2. The maximum absolute atomic E-state index is 15.8. The number of para-hydroxylation sites is 1. The zero-order chi connectivity index (χ0) is 31.5. The van der Waals surface area contributed by atoms with E-state index < -0.39 is 42.1 Å². The molecule has 0 fully saturated rings. The van der Waals surface area contributed by atoms with E-state index in [1.54, 1.807) is 34.6 Å². The molecule has 43 heavy (non-hydrogen) atoms. The smallest absolute Gasteiger partial charge is 0.410 e. The van der Waals surface area contributed by atoms with E-state index in [0.717, 1.165) is 28.4 Å². The van der Waals surface area contributed by atoms with Crippen LogP contribution < -0.4 is 4.74 Å². The zero-order valence-electron chi connectivity index (χ0n) is 25.7. The molecule has 2 aromatic heterocycles. The van der Waals surface area contributed by atoms with Crippen molar-refractivity contribution < 1.29 is 33.0 Å². The Morgan fingerprint density at radius 2 is 1.98 bits per heavy atom. The van der Waals surface area contributed by atoms with E-state index in [-0.39, 0.29) is 44.6 Å². The number of hydrogen-bond acceptors (Lipinski definition) is 6. The number of rotatable bonds is 11. The van der Waals surface area contributed by atoms with Crippen LogP contribution in [0.3, 0.4) is 0 Å². The van der Waals surface area contributed by atoms with Gasteiger partial charge in [-0.3, -0.25) is 14.1 Å². The van der Waals surface area contributed by atoms with Gasteiger partial charge in [-0.05, 0) is 59.1 Å². The summed E-state index contributed by atoms with van der Waals surface area (Å²) < 4.78 is 40.2. The van der Waals surface area contributed by atoms with Gasteiger partial charge in [-0.1, -0.05) is 25.1 Å². The Hall–Kier alpha value is -3.73. The number of nitrogens with zero attached hydrogens (tertiary/aromatic N) is 3. The summed E-state index contributed by atoms with van der Waals surface area (Å²) in [5.41, 5.74) is 2.94. The highest BCUT2D eigenvalue weighted by Crippen LogP contribution is 2.43. The normalized spacial score (nSPS) is 17.9. The Balaban J connectivity index is 1.68. The number of benzene rings is 1. The van der Waals surface area contributed by atoms with Gasteiger partial charge in [-0.15, -0.1) is 0 Å². The van der Waals surface area contributed by atoms with E-state index in [1.165, 1.54) is 4.90 Å². The van der Waals surface area contributed by atoms with E-state index in [2.05, 4.69) is 9.97 Å². The Kier molecular flexibility index (Phi) is 9.94. The number of nitrogens with one attached hydrogen (secondary N) is 1. The van der Waals surface area contributed by atoms with Crippen molar-refractivity contribution in [3.63, 3.8) is 0 Å². The molecule has 0 aliphatic carbocycles. The molecule has 0 saturated carbocycles. The third kappa shape index (κ3) is 7.26. The van der Waals surface area contributed by atoms with Gasteiger partial charge in [0.05, 0.1) is 31.4 Å². The van der Waals surface area contributed by atoms with Gasteiger partial charge in [0.2, 0.25) is 5.88 Å². The molecule has 3 heterocycles. The van der Waals surface area contributed by atoms with Crippen LogP contribution in [0, 0.1) is 18.7 Å².